The molecule has 6 heteroatoms. The Labute approximate surface area is 90.0 Å². The summed E-state index contributed by atoms with van der Waals surface area (Å²) >= 11 is 3.24. The maximum Gasteiger partial charge on any atom is 0.205 e. The molecule has 0 aliphatic rings. The third-order valence-corrected chi connectivity index (χ3v) is 3.49. The first kappa shape index (κ1) is 9.54. The first-order chi connectivity index (χ1) is 6.88. The van der Waals surface area contributed by atoms with Crippen LogP contribution in [-0.4, -0.2) is 15.2 Å². The Bertz CT molecular complexity index is 382. The highest BCUT2D eigenvalue weighted by atomic mass is 32.1. The number of nitrogens with one attached hydrogen (secondary N) is 1. The predicted molar refractivity (Wildman–Crippen MR) is 58.7 cm³/mol. The highest BCUT2D eigenvalue weighted by molar-refractivity contribution is 7.13. The van der Waals surface area contributed by atoms with Crippen molar-refractivity contribution in [1.29, 1.82) is 0 Å². The highest BCUT2D eigenvalue weighted by Crippen LogP contribution is 2.15. The fourth-order valence-corrected chi connectivity index (χ4v) is 2.24. The van der Waals surface area contributed by atoms with Gasteiger partial charge in [0.1, 0.15) is 10.5 Å². The van der Waals surface area contributed by atoms with Crippen LogP contribution in [0.5, 0.6) is 0 Å². The average Bonchev–Trinajstić information content (AvgIpc) is 2.86. The van der Waals surface area contributed by atoms with Crippen LogP contribution in [-0.2, 0) is 13.0 Å². The molecule has 0 atom stereocenters. The van der Waals surface area contributed by atoms with Crippen LogP contribution in [0.25, 0.3) is 0 Å². The van der Waals surface area contributed by atoms with Crippen LogP contribution in [0.2, 0.25) is 0 Å². The molecule has 0 spiro atoms. The van der Waals surface area contributed by atoms with Crippen LogP contribution in [0.1, 0.15) is 16.8 Å². The molecule has 0 aromatic carbocycles. The Morgan fingerprint density at radius 3 is 3.07 bits per heavy atom. The van der Waals surface area contributed by atoms with Crippen molar-refractivity contribution in [1.82, 2.24) is 15.2 Å². The second-order valence-corrected chi connectivity index (χ2v) is 4.70. The van der Waals surface area contributed by atoms with Crippen molar-refractivity contribution < 1.29 is 0 Å². The molecule has 2 heterocycles. The highest BCUT2D eigenvalue weighted by Gasteiger charge is 2.01. The molecule has 0 bridgehead atoms. The third-order valence-electron chi connectivity index (χ3n) is 1.70. The van der Waals surface area contributed by atoms with Crippen LogP contribution >= 0.6 is 22.7 Å². The molecular weight excluding hydrogens is 216 g/mol. The Hall–Kier alpha value is -1.01. The van der Waals surface area contributed by atoms with Gasteiger partial charge in [-0.05, 0) is 6.42 Å². The SMILES string of the molecule is CCc1cnc(CNc2nncs2)s1. The molecule has 0 amide bonds. The summed E-state index contributed by atoms with van der Waals surface area (Å²) in [4.78, 5) is 5.62. The molecule has 2 aromatic rings. The molecule has 2 aromatic heterocycles. The topological polar surface area (TPSA) is 50.7 Å². The summed E-state index contributed by atoms with van der Waals surface area (Å²) in [5.74, 6) is 0. The summed E-state index contributed by atoms with van der Waals surface area (Å²) < 4.78 is 0. The van der Waals surface area contributed by atoms with Crippen LogP contribution in [0, 0.1) is 0 Å². The van der Waals surface area contributed by atoms with Crippen LogP contribution in [0.4, 0.5) is 5.13 Å². The molecule has 0 aliphatic carbocycles. The normalized spacial score (nSPS) is 10.4. The lowest BCUT2D eigenvalue weighted by molar-refractivity contribution is 1.04. The van der Waals surface area contributed by atoms with Crippen molar-refractivity contribution in [3.63, 3.8) is 0 Å². The Morgan fingerprint density at radius 1 is 1.50 bits per heavy atom. The second-order valence-electron chi connectivity index (χ2n) is 2.67. The van der Waals surface area contributed by atoms with Gasteiger partial charge < -0.3 is 5.32 Å². The number of anilines is 1. The fraction of sp³-hybridized carbons (Fsp3) is 0.375. The summed E-state index contributed by atoms with van der Waals surface area (Å²) in [5.41, 5.74) is 1.71. The number of hydrogen-bond acceptors (Lipinski definition) is 6. The third kappa shape index (κ3) is 2.27. The van der Waals surface area contributed by atoms with Gasteiger partial charge in [0.2, 0.25) is 5.13 Å². The summed E-state index contributed by atoms with van der Waals surface area (Å²) in [5, 5.41) is 12.7. The van der Waals surface area contributed by atoms with E-state index in [9.17, 15) is 0 Å². The van der Waals surface area contributed by atoms with E-state index in [1.165, 1.54) is 16.2 Å². The van der Waals surface area contributed by atoms with E-state index in [-0.39, 0.29) is 0 Å². The molecule has 0 fully saturated rings. The van der Waals surface area contributed by atoms with E-state index in [2.05, 4.69) is 27.4 Å². The van der Waals surface area contributed by atoms with E-state index in [4.69, 9.17) is 0 Å². The predicted octanol–water partition coefficient (Wildman–Crippen LogP) is 2.17. The monoisotopic (exact) mass is 226 g/mol. The van der Waals surface area contributed by atoms with Gasteiger partial charge in [0.25, 0.3) is 0 Å². The Morgan fingerprint density at radius 2 is 2.43 bits per heavy atom. The number of nitrogens with zero attached hydrogens (tertiary/aromatic N) is 3. The van der Waals surface area contributed by atoms with Gasteiger partial charge in [-0.15, -0.1) is 21.5 Å². The first-order valence-corrected chi connectivity index (χ1v) is 6.01. The van der Waals surface area contributed by atoms with Gasteiger partial charge in [-0.25, -0.2) is 4.98 Å². The smallest absolute Gasteiger partial charge is 0.205 e. The number of rotatable bonds is 4. The minimum Gasteiger partial charge on any atom is -0.354 e. The molecule has 0 aliphatic heterocycles. The molecule has 0 saturated heterocycles. The number of hydrogen-bond donors (Lipinski definition) is 1. The quantitative estimate of drug-likeness (QED) is 0.868. The van der Waals surface area contributed by atoms with Crippen molar-refractivity contribution in [2.75, 3.05) is 5.32 Å². The van der Waals surface area contributed by atoms with Crippen molar-refractivity contribution in [3.8, 4) is 0 Å². The zero-order chi connectivity index (χ0) is 9.80. The van der Waals surface area contributed by atoms with Crippen LogP contribution < -0.4 is 5.32 Å². The molecule has 0 radical (unpaired) electrons. The zero-order valence-corrected chi connectivity index (χ0v) is 9.36. The first-order valence-electron chi connectivity index (χ1n) is 4.32. The molecule has 74 valence electrons. The van der Waals surface area contributed by atoms with Crippen LogP contribution in [0.3, 0.4) is 0 Å². The second kappa shape index (κ2) is 4.47. The summed E-state index contributed by atoms with van der Waals surface area (Å²) in [7, 11) is 0. The Balaban J connectivity index is 1.92. The van der Waals surface area contributed by atoms with Crippen molar-refractivity contribution >= 4 is 27.8 Å². The van der Waals surface area contributed by atoms with Crippen LogP contribution in [0.15, 0.2) is 11.7 Å². The van der Waals surface area contributed by atoms with E-state index in [1.54, 1.807) is 16.8 Å². The fourth-order valence-electron chi connectivity index (χ4n) is 0.995. The molecule has 1 N–H and O–H groups in total. The van der Waals surface area contributed by atoms with Gasteiger partial charge >= 0.3 is 0 Å². The largest absolute Gasteiger partial charge is 0.354 e. The van der Waals surface area contributed by atoms with E-state index in [1.807, 2.05) is 6.20 Å². The minimum absolute atomic E-state index is 0.736. The lowest BCUT2D eigenvalue weighted by Gasteiger charge is -1.96. The van der Waals surface area contributed by atoms with Gasteiger partial charge in [-0.3, -0.25) is 0 Å². The van der Waals surface area contributed by atoms with Gasteiger partial charge in [-0.1, -0.05) is 18.3 Å². The van der Waals surface area contributed by atoms with Crippen molar-refractivity contribution in [3.05, 3.63) is 21.6 Å². The minimum atomic E-state index is 0.736. The molecule has 2 rings (SSSR count). The van der Waals surface area contributed by atoms with E-state index in [0.29, 0.717) is 0 Å². The lowest BCUT2D eigenvalue weighted by Crippen LogP contribution is -1.97. The summed E-state index contributed by atoms with van der Waals surface area (Å²) in [6.07, 6.45) is 2.98. The Kier molecular flexibility index (Phi) is 3.05. The van der Waals surface area contributed by atoms with Crippen molar-refractivity contribution in [2.24, 2.45) is 0 Å². The van der Waals surface area contributed by atoms with E-state index >= 15 is 0 Å². The summed E-state index contributed by atoms with van der Waals surface area (Å²) in [6.45, 7) is 2.87. The average molecular weight is 226 g/mol. The van der Waals surface area contributed by atoms with E-state index in [0.717, 1.165) is 23.1 Å². The molecule has 0 unspecified atom stereocenters. The summed E-state index contributed by atoms with van der Waals surface area (Å²) in [6, 6.07) is 0. The van der Waals surface area contributed by atoms with Crippen molar-refractivity contribution in [2.45, 2.75) is 19.9 Å². The number of aromatic nitrogens is 3. The van der Waals surface area contributed by atoms with Gasteiger partial charge in [0.15, 0.2) is 0 Å². The van der Waals surface area contributed by atoms with E-state index < -0.39 is 0 Å². The maximum atomic E-state index is 4.30. The zero-order valence-electron chi connectivity index (χ0n) is 7.73. The standard InChI is InChI=1S/C8H10N4S2/c1-2-6-3-9-7(14-6)4-10-8-12-11-5-13-8/h3,5H,2,4H2,1H3,(H,10,12). The lowest BCUT2D eigenvalue weighted by atomic mass is 10.4. The van der Waals surface area contributed by atoms with Gasteiger partial charge in [0, 0.05) is 11.1 Å². The molecular formula is C8H10N4S2. The molecule has 4 nitrogen and oxygen atoms in total. The maximum absolute atomic E-state index is 4.30. The van der Waals surface area contributed by atoms with Gasteiger partial charge in [-0.2, -0.15) is 0 Å². The number of aryl methyl sites for hydroxylation is 1. The number of thiazole rings is 1. The molecule has 14 heavy (non-hydrogen) atoms. The van der Waals surface area contributed by atoms with Gasteiger partial charge in [0.05, 0.1) is 6.54 Å². The molecule has 0 saturated carbocycles.